The first-order valence-electron chi connectivity index (χ1n) is 7.70. The van der Waals surface area contributed by atoms with Gasteiger partial charge in [-0.1, -0.05) is 0 Å². The van der Waals surface area contributed by atoms with Gasteiger partial charge >= 0.3 is 6.18 Å². The summed E-state index contributed by atoms with van der Waals surface area (Å²) >= 11 is 0. The zero-order valence-corrected chi connectivity index (χ0v) is 13.2. The van der Waals surface area contributed by atoms with E-state index in [0.29, 0.717) is 17.7 Å². The Morgan fingerprint density at radius 3 is 2.28 bits per heavy atom. The summed E-state index contributed by atoms with van der Waals surface area (Å²) in [5.74, 6) is 0.640. The predicted octanol–water partition coefficient (Wildman–Crippen LogP) is 3.55. The van der Waals surface area contributed by atoms with Crippen LogP contribution in [0.25, 0.3) is 11.6 Å². The Hall–Kier alpha value is -2.95. The quantitative estimate of drug-likeness (QED) is 0.796. The van der Waals surface area contributed by atoms with Gasteiger partial charge in [-0.3, -0.25) is 4.98 Å². The second-order valence-corrected chi connectivity index (χ2v) is 5.61. The van der Waals surface area contributed by atoms with Gasteiger partial charge in [-0.15, -0.1) is 0 Å². The Morgan fingerprint density at radius 1 is 1.08 bits per heavy atom. The average molecular weight is 345 g/mol. The first-order valence-corrected chi connectivity index (χ1v) is 7.70. The van der Waals surface area contributed by atoms with Gasteiger partial charge in [0.05, 0.1) is 16.8 Å². The molecule has 0 spiro atoms. The average Bonchev–Trinajstić information content (AvgIpc) is 3.14. The molecule has 0 N–H and O–H groups in total. The van der Waals surface area contributed by atoms with E-state index in [1.807, 2.05) is 6.07 Å². The molecule has 1 aliphatic heterocycles. The number of nitriles is 1. The summed E-state index contributed by atoms with van der Waals surface area (Å²) in [5.41, 5.74) is 0.0402. The number of rotatable bonds is 3. The smallest absolute Gasteiger partial charge is 0.341 e. The van der Waals surface area contributed by atoms with E-state index in [-0.39, 0.29) is 11.3 Å². The Kier molecular flexibility index (Phi) is 4.65. The number of anilines is 1. The summed E-state index contributed by atoms with van der Waals surface area (Å²) in [6.07, 6.45) is 3.16. The molecule has 1 saturated heterocycles. The van der Waals surface area contributed by atoms with Crippen LogP contribution in [0.4, 0.5) is 19.1 Å². The lowest BCUT2D eigenvalue weighted by molar-refractivity contribution is -0.137. The van der Waals surface area contributed by atoms with Crippen molar-refractivity contribution in [2.45, 2.75) is 19.0 Å². The van der Waals surface area contributed by atoms with Crippen LogP contribution in [0.1, 0.15) is 29.7 Å². The molecule has 1 aliphatic rings. The normalized spacial score (nSPS) is 15.3. The number of pyridine rings is 1. The molecule has 3 heterocycles. The molecule has 0 atom stereocenters. The van der Waals surface area contributed by atoms with Gasteiger partial charge in [0.25, 0.3) is 0 Å². The summed E-state index contributed by atoms with van der Waals surface area (Å²) in [5, 5.41) is 9.27. The molecule has 1 fully saturated rings. The zero-order valence-electron chi connectivity index (χ0n) is 13.2. The summed E-state index contributed by atoms with van der Waals surface area (Å²) in [6, 6.07) is 4.03. The number of aromatic nitrogens is 3. The Bertz CT molecular complexity index is 798. The van der Waals surface area contributed by atoms with Crippen molar-refractivity contribution in [2.75, 3.05) is 18.0 Å². The van der Waals surface area contributed by atoms with Crippen LogP contribution in [0.3, 0.4) is 0 Å². The highest BCUT2D eigenvalue weighted by Crippen LogP contribution is 2.29. The highest BCUT2D eigenvalue weighted by atomic mass is 19.4. The number of halogens is 3. The van der Waals surface area contributed by atoms with Gasteiger partial charge in [0.15, 0.2) is 0 Å². The highest BCUT2D eigenvalue weighted by molar-refractivity contribution is 5.88. The summed E-state index contributed by atoms with van der Waals surface area (Å²) < 4.78 is 37.7. The Labute approximate surface area is 142 Å². The lowest BCUT2D eigenvalue weighted by atomic mass is 10.1. The fourth-order valence-corrected chi connectivity index (χ4v) is 2.54. The van der Waals surface area contributed by atoms with Crippen LogP contribution >= 0.6 is 0 Å². The number of hydrogen-bond donors (Lipinski definition) is 0. The molecule has 128 valence electrons. The van der Waals surface area contributed by atoms with E-state index < -0.39 is 11.7 Å². The molecule has 2 aromatic rings. The van der Waals surface area contributed by atoms with Crippen LogP contribution < -0.4 is 4.90 Å². The van der Waals surface area contributed by atoms with Gasteiger partial charge < -0.3 is 4.90 Å². The molecule has 0 aliphatic carbocycles. The van der Waals surface area contributed by atoms with Crippen molar-refractivity contribution in [2.24, 2.45) is 0 Å². The summed E-state index contributed by atoms with van der Waals surface area (Å²) in [4.78, 5) is 14.4. The molecule has 0 amide bonds. The largest absolute Gasteiger partial charge is 0.417 e. The number of hydrogen-bond acceptors (Lipinski definition) is 5. The first-order chi connectivity index (χ1) is 12.0. The van der Waals surface area contributed by atoms with Gasteiger partial charge in [-0.25, -0.2) is 9.97 Å². The maximum absolute atomic E-state index is 12.6. The molecule has 0 saturated carbocycles. The minimum absolute atomic E-state index is 0.145. The maximum Gasteiger partial charge on any atom is 0.417 e. The van der Waals surface area contributed by atoms with Gasteiger partial charge in [0, 0.05) is 37.2 Å². The third-order valence-corrected chi connectivity index (χ3v) is 3.85. The molecular formula is C17H14F3N5. The minimum Gasteiger partial charge on any atom is -0.341 e. The van der Waals surface area contributed by atoms with E-state index in [9.17, 15) is 18.4 Å². The molecule has 25 heavy (non-hydrogen) atoms. The molecular weight excluding hydrogens is 331 g/mol. The molecule has 2 aromatic heterocycles. The standard InChI is InChI=1S/C17H14F3N5/c18-17(19,20)14-3-4-15(22-11-14)13(8-21)7-12-9-23-16(24-10-12)25-5-1-2-6-25/h3-4,7,9-11H,1-2,5-6H2. The lowest BCUT2D eigenvalue weighted by Crippen LogP contribution is -2.20. The van der Waals surface area contributed by atoms with Crippen LogP contribution in [0.2, 0.25) is 0 Å². The highest BCUT2D eigenvalue weighted by Gasteiger charge is 2.30. The molecule has 8 heteroatoms. The number of allylic oxidation sites excluding steroid dienone is 1. The summed E-state index contributed by atoms with van der Waals surface area (Å²) in [6.45, 7) is 1.85. The van der Waals surface area contributed by atoms with Gasteiger partial charge in [0.2, 0.25) is 5.95 Å². The van der Waals surface area contributed by atoms with Crippen molar-refractivity contribution < 1.29 is 13.2 Å². The minimum atomic E-state index is -4.46. The second kappa shape index (κ2) is 6.89. The topological polar surface area (TPSA) is 65.7 Å². The van der Waals surface area contributed by atoms with E-state index in [4.69, 9.17) is 0 Å². The van der Waals surface area contributed by atoms with Crippen LogP contribution in [-0.2, 0) is 6.18 Å². The van der Waals surface area contributed by atoms with Gasteiger partial charge in [-0.05, 0) is 31.1 Å². The first kappa shape index (κ1) is 16.9. The van der Waals surface area contributed by atoms with Crippen molar-refractivity contribution in [3.05, 3.63) is 47.5 Å². The van der Waals surface area contributed by atoms with Crippen molar-refractivity contribution in [3.63, 3.8) is 0 Å². The van der Waals surface area contributed by atoms with Crippen molar-refractivity contribution >= 4 is 17.6 Å². The third kappa shape index (κ3) is 3.94. The van der Waals surface area contributed by atoms with Crippen molar-refractivity contribution in [1.82, 2.24) is 15.0 Å². The van der Waals surface area contributed by atoms with Crippen LogP contribution in [0.15, 0.2) is 30.7 Å². The monoisotopic (exact) mass is 345 g/mol. The number of nitrogens with zero attached hydrogens (tertiary/aromatic N) is 5. The molecule has 3 rings (SSSR count). The molecule has 0 unspecified atom stereocenters. The van der Waals surface area contributed by atoms with E-state index in [0.717, 1.165) is 32.0 Å². The van der Waals surface area contributed by atoms with E-state index in [1.165, 1.54) is 12.1 Å². The van der Waals surface area contributed by atoms with Gasteiger partial charge in [-0.2, -0.15) is 18.4 Å². The van der Waals surface area contributed by atoms with E-state index >= 15 is 0 Å². The molecule has 0 radical (unpaired) electrons. The molecule has 0 bridgehead atoms. The fourth-order valence-electron chi connectivity index (χ4n) is 2.54. The fraction of sp³-hybridized carbons (Fsp3) is 0.294. The Balaban J connectivity index is 1.81. The van der Waals surface area contributed by atoms with Crippen LogP contribution in [0, 0.1) is 11.3 Å². The molecule has 0 aromatic carbocycles. The zero-order chi connectivity index (χ0) is 17.9. The predicted molar refractivity (Wildman–Crippen MR) is 86.2 cm³/mol. The van der Waals surface area contributed by atoms with Gasteiger partial charge in [0.1, 0.15) is 6.07 Å². The SMILES string of the molecule is N#CC(=Cc1cnc(N2CCCC2)nc1)c1ccc(C(F)(F)F)cn1. The van der Waals surface area contributed by atoms with Crippen molar-refractivity contribution in [3.8, 4) is 6.07 Å². The maximum atomic E-state index is 12.6. The third-order valence-electron chi connectivity index (χ3n) is 3.85. The van der Waals surface area contributed by atoms with Crippen LogP contribution in [-0.4, -0.2) is 28.0 Å². The molecule has 5 nitrogen and oxygen atoms in total. The van der Waals surface area contributed by atoms with Crippen LogP contribution in [0.5, 0.6) is 0 Å². The number of alkyl halides is 3. The van der Waals surface area contributed by atoms with E-state index in [2.05, 4.69) is 19.9 Å². The Morgan fingerprint density at radius 2 is 1.76 bits per heavy atom. The lowest BCUT2D eigenvalue weighted by Gasteiger charge is -2.14. The van der Waals surface area contributed by atoms with Crippen molar-refractivity contribution in [1.29, 1.82) is 5.26 Å². The summed E-state index contributed by atoms with van der Waals surface area (Å²) in [7, 11) is 0. The second-order valence-electron chi connectivity index (χ2n) is 5.61. The van der Waals surface area contributed by atoms with E-state index in [1.54, 1.807) is 12.4 Å².